The van der Waals surface area contributed by atoms with Gasteiger partial charge in [-0.15, -0.1) is 0 Å². The zero-order valence-corrected chi connectivity index (χ0v) is 15.6. The molecule has 0 fully saturated rings. The quantitative estimate of drug-likeness (QED) is 0.712. The fourth-order valence-corrected chi connectivity index (χ4v) is 2.75. The first-order valence-electron chi connectivity index (χ1n) is 8.72. The van der Waals surface area contributed by atoms with Gasteiger partial charge in [0.15, 0.2) is 5.82 Å². The zero-order valence-electron chi connectivity index (χ0n) is 15.6. The van der Waals surface area contributed by atoms with Gasteiger partial charge in [-0.05, 0) is 43.7 Å². The molecule has 3 rings (SSSR count). The van der Waals surface area contributed by atoms with Crippen molar-refractivity contribution in [2.24, 2.45) is 0 Å². The van der Waals surface area contributed by atoms with Gasteiger partial charge in [-0.25, -0.2) is 9.97 Å². The topological polar surface area (TPSA) is 67.4 Å². The molecule has 6 heteroatoms. The highest BCUT2D eigenvalue weighted by Gasteiger charge is 2.13. The highest BCUT2D eigenvalue weighted by atomic mass is 16.5. The first-order valence-corrected chi connectivity index (χ1v) is 8.72. The first kappa shape index (κ1) is 18.4. The molecule has 0 unspecified atom stereocenters. The maximum absolute atomic E-state index is 12.4. The Morgan fingerprint density at radius 2 is 1.93 bits per heavy atom. The van der Waals surface area contributed by atoms with Crippen LogP contribution in [-0.4, -0.2) is 29.5 Å². The Kier molecular flexibility index (Phi) is 5.66. The summed E-state index contributed by atoms with van der Waals surface area (Å²) in [6.45, 7) is 4.84. The smallest absolute Gasteiger partial charge is 0.275 e. The second-order valence-electron chi connectivity index (χ2n) is 6.03. The Labute approximate surface area is 158 Å². The van der Waals surface area contributed by atoms with Gasteiger partial charge in [0.25, 0.3) is 5.91 Å². The van der Waals surface area contributed by atoms with Crippen LogP contribution in [-0.2, 0) is 0 Å². The van der Waals surface area contributed by atoms with E-state index in [1.807, 2.05) is 36.1 Å². The van der Waals surface area contributed by atoms with Gasteiger partial charge in [0.05, 0.1) is 19.5 Å². The molecule has 0 saturated carbocycles. The lowest BCUT2D eigenvalue weighted by atomic mass is 10.2. The van der Waals surface area contributed by atoms with Crippen LogP contribution in [0.4, 0.5) is 17.2 Å². The number of ether oxygens (including phenoxy) is 1. The number of rotatable bonds is 6. The second kappa shape index (κ2) is 8.31. The van der Waals surface area contributed by atoms with E-state index >= 15 is 0 Å². The third kappa shape index (κ3) is 4.41. The largest absolute Gasteiger partial charge is 0.497 e. The van der Waals surface area contributed by atoms with Crippen molar-refractivity contribution in [2.45, 2.75) is 13.8 Å². The maximum Gasteiger partial charge on any atom is 0.275 e. The highest BCUT2D eigenvalue weighted by Crippen LogP contribution is 2.23. The number of aromatic nitrogens is 2. The molecule has 0 aliphatic carbocycles. The molecule has 3 aromatic rings. The highest BCUT2D eigenvalue weighted by molar-refractivity contribution is 6.02. The summed E-state index contributed by atoms with van der Waals surface area (Å²) in [7, 11) is 1.58. The minimum absolute atomic E-state index is 0.252. The number of nitrogens with zero attached hydrogens (tertiary/aromatic N) is 3. The van der Waals surface area contributed by atoms with E-state index in [1.165, 1.54) is 11.8 Å². The lowest BCUT2D eigenvalue weighted by Gasteiger charge is -2.22. The van der Waals surface area contributed by atoms with E-state index in [2.05, 4.69) is 34.3 Å². The van der Waals surface area contributed by atoms with Crippen LogP contribution in [0.25, 0.3) is 0 Å². The standard InChI is InChI=1S/C21H22N4O2/c1-4-25(17-9-5-7-15(2)11-17)20-14-22-19(13-23-20)21(26)24-16-8-6-10-18(12-16)27-3/h5-14H,4H2,1-3H3,(H,24,26). The van der Waals surface area contributed by atoms with E-state index < -0.39 is 0 Å². The molecule has 138 valence electrons. The number of carbonyl (C=O) groups excluding carboxylic acids is 1. The van der Waals surface area contributed by atoms with Crippen molar-refractivity contribution in [1.82, 2.24) is 9.97 Å². The number of amides is 1. The number of hydrogen-bond donors (Lipinski definition) is 1. The number of hydrogen-bond acceptors (Lipinski definition) is 5. The van der Waals surface area contributed by atoms with Crippen molar-refractivity contribution in [3.05, 3.63) is 72.2 Å². The van der Waals surface area contributed by atoms with Crippen molar-refractivity contribution in [2.75, 3.05) is 23.9 Å². The van der Waals surface area contributed by atoms with Crippen LogP contribution in [0.15, 0.2) is 60.9 Å². The van der Waals surface area contributed by atoms with Gasteiger partial charge in [0.2, 0.25) is 0 Å². The fourth-order valence-electron chi connectivity index (χ4n) is 2.75. The first-order chi connectivity index (χ1) is 13.1. The van der Waals surface area contributed by atoms with Gasteiger partial charge in [0, 0.05) is 24.0 Å². The number of carbonyl (C=O) groups is 1. The van der Waals surface area contributed by atoms with Crippen molar-refractivity contribution in [1.29, 1.82) is 0 Å². The van der Waals surface area contributed by atoms with Crippen LogP contribution in [0.5, 0.6) is 5.75 Å². The van der Waals surface area contributed by atoms with Gasteiger partial charge in [-0.1, -0.05) is 18.2 Å². The summed E-state index contributed by atoms with van der Waals surface area (Å²) in [4.78, 5) is 23.2. The van der Waals surface area contributed by atoms with E-state index in [-0.39, 0.29) is 11.6 Å². The number of methoxy groups -OCH3 is 1. The Morgan fingerprint density at radius 3 is 2.59 bits per heavy atom. The molecular weight excluding hydrogens is 340 g/mol. The minimum atomic E-state index is -0.319. The Bertz CT molecular complexity index is 925. The SMILES string of the molecule is CCN(c1cccc(C)c1)c1cnc(C(=O)Nc2cccc(OC)c2)cn1. The normalized spacial score (nSPS) is 10.3. The van der Waals surface area contributed by atoms with Gasteiger partial charge in [0.1, 0.15) is 11.4 Å². The molecule has 2 aromatic carbocycles. The Hall–Kier alpha value is -3.41. The van der Waals surface area contributed by atoms with E-state index in [0.717, 1.165) is 12.2 Å². The molecule has 1 aromatic heterocycles. The van der Waals surface area contributed by atoms with Crippen LogP contribution in [0.2, 0.25) is 0 Å². The Morgan fingerprint density at radius 1 is 1.11 bits per heavy atom. The second-order valence-corrected chi connectivity index (χ2v) is 6.03. The van der Waals surface area contributed by atoms with Crippen molar-refractivity contribution < 1.29 is 9.53 Å². The summed E-state index contributed by atoms with van der Waals surface area (Å²) in [5.74, 6) is 1.05. The van der Waals surface area contributed by atoms with Gasteiger partial charge >= 0.3 is 0 Å². The molecule has 1 amide bonds. The number of anilines is 3. The number of nitrogens with one attached hydrogen (secondary N) is 1. The van der Waals surface area contributed by atoms with E-state index in [1.54, 1.807) is 25.4 Å². The molecule has 27 heavy (non-hydrogen) atoms. The zero-order chi connectivity index (χ0) is 19.2. The van der Waals surface area contributed by atoms with Gasteiger partial charge in [-0.3, -0.25) is 4.79 Å². The van der Waals surface area contributed by atoms with Crippen molar-refractivity contribution in [3.8, 4) is 5.75 Å². The summed E-state index contributed by atoms with van der Waals surface area (Å²) in [5, 5.41) is 2.80. The molecule has 1 N–H and O–H groups in total. The van der Waals surface area contributed by atoms with Crippen LogP contribution in [0.3, 0.4) is 0 Å². The van der Waals surface area contributed by atoms with Crippen LogP contribution >= 0.6 is 0 Å². The summed E-state index contributed by atoms with van der Waals surface area (Å²) in [5.41, 5.74) is 3.11. The van der Waals surface area contributed by atoms with E-state index in [0.29, 0.717) is 17.3 Å². The summed E-state index contributed by atoms with van der Waals surface area (Å²) >= 11 is 0. The molecule has 0 atom stereocenters. The van der Waals surface area contributed by atoms with Gasteiger partial charge in [-0.2, -0.15) is 0 Å². The maximum atomic E-state index is 12.4. The fraction of sp³-hybridized carbons (Fsp3) is 0.190. The van der Waals surface area contributed by atoms with E-state index in [9.17, 15) is 4.79 Å². The molecule has 0 aliphatic rings. The molecule has 0 saturated heterocycles. The third-order valence-corrected chi connectivity index (χ3v) is 4.10. The molecule has 0 bridgehead atoms. The Balaban J connectivity index is 1.76. The monoisotopic (exact) mass is 362 g/mol. The molecule has 0 spiro atoms. The van der Waals surface area contributed by atoms with Crippen molar-refractivity contribution >= 4 is 23.1 Å². The van der Waals surface area contributed by atoms with Crippen LogP contribution in [0, 0.1) is 6.92 Å². The third-order valence-electron chi connectivity index (χ3n) is 4.10. The predicted molar refractivity (Wildman–Crippen MR) is 107 cm³/mol. The molecular formula is C21H22N4O2. The molecule has 0 aliphatic heterocycles. The molecule has 0 radical (unpaired) electrons. The average molecular weight is 362 g/mol. The molecule has 6 nitrogen and oxygen atoms in total. The summed E-state index contributed by atoms with van der Waals surface area (Å²) in [6.07, 6.45) is 3.11. The number of aryl methyl sites for hydroxylation is 1. The lowest BCUT2D eigenvalue weighted by molar-refractivity contribution is 0.102. The van der Waals surface area contributed by atoms with Crippen LogP contribution in [0.1, 0.15) is 23.0 Å². The lowest BCUT2D eigenvalue weighted by Crippen LogP contribution is -2.19. The average Bonchev–Trinajstić information content (AvgIpc) is 2.69. The molecule has 1 heterocycles. The minimum Gasteiger partial charge on any atom is -0.497 e. The van der Waals surface area contributed by atoms with Crippen molar-refractivity contribution in [3.63, 3.8) is 0 Å². The van der Waals surface area contributed by atoms with Gasteiger partial charge < -0.3 is 15.0 Å². The predicted octanol–water partition coefficient (Wildman–Crippen LogP) is 4.20. The number of benzene rings is 2. The summed E-state index contributed by atoms with van der Waals surface area (Å²) in [6, 6.07) is 15.3. The van der Waals surface area contributed by atoms with Crippen LogP contribution < -0.4 is 15.0 Å². The summed E-state index contributed by atoms with van der Waals surface area (Å²) < 4.78 is 5.16. The van der Waals surface area contributed by atoms with E-state index in [4.69, 9.17) is 4.74 Å².